The molecule has 108 valence electrons. The summed E-state index contributed by atoms with van der Waals surface area (Å²) in [5.41, 5.74) is 0.154. The van der Waals surface area contributed by atoms with Gasteiger partial charge < -0.3 is 10.4 Å². The number of nitrogens with zero attached hydrogens (tertiary/aromatic N) is 3. The second kappa shape index (κ2) is 5.87. The van der Waals surface area contributed by atoms with Crippen LogP contribution in [-0.4, -0.2) is 37.3 Å². The Labute approximate surface area is 115 Å². The van der Waals surface area contributed by atoms with Crippen LogP contribution in [0, 0.1) is 0 Å². The molecule has 7 heteroatoms. The topological polar surface area (TPSA) is 88.6 Å². The highest BCUT2D eigenvalue weighted by atomic mass is 16.3. The van der Waals surface area contributed by atoms with Gasteiger partial charge in [-0.1, -0.05) is 6.07 Å². The van der Waals surface area contributed by atoms with Crippen LogP contribution in [0.25, 0.3) is 5.65 Å². The Morgan fingerprint density at radius 2 is 2.20 bits per heavy atom. The van der Waals surface area contributed by atoms with Gasteiger partial charge in [-0.15, -0.1) is 5.10 Å². The van der Waals surface area contributed by atoms with Crippen LogP contribution >= 0.6 is 0 Å². The predicted molar refractivity (Wildman–Crippen MR) is 73.4 cm³/mol. The van der Waals surface area contributed by atoms with Gasteiger partial charge in [-0.2, -0.15) is 0 Å². The van der Waals surface area contributed by atoms with Crippen LogP contribution in [0.5, 0.6) is 0 Å². The summed E-state index contributed by atoms with van der Waals surface area (Å²) in [6.45, 7) is 3.33. The predicted octanol–water partition coefficient (Wildman–Crippen LogP) is -0.228. The van der Waals surface area contributed by atoms with Crippen molar-refractivity contribution in [3.05, 3.63) is 34.9 Å². The molecule has 0 aliphatic heterocycles. The Morgan fingerprint density at radius 1 is 1.45 bits per heavy atom. The third-order valence-corrected chi connectivity index (χ3v) is 2.88. The number of aliphatic hydroxyl groups excluding tert-OH is 1. The first kappa shape index (κ1) is 14.3. The summed E-state index contributed by atoms with van der Waals surface area (Å²) in [5, 5.41) is 16.0. The van der Waals surface area contributed by atoms with E-state index >= 15 is 0 Å². The number of hydrogen-bond donors (Lipinski definition) is 2. The molecule has 0 bridgehead atoms. The smallest absolute Gasteiger partial charge is 0.350 e. The zero-order valence-corrected chi connectivity index (χ0v) is 11.5. The van der Waals surface area contributed by atoms with E-state index in [0.717, 1.165) is 4.68 Å². The van der Waals surface area contributed by atoms with E-state index in [4.69, 9.17) is 0 Å². The molecule has 2 unspecified atom stereocenters. The van der Waals surface area contributed by atoms with E-state index in [0.29, 0.717) is 12.1 Å². The van der Waals surface area contributed by atoms with Crippen LogP contribution in [0.4, 0.5) is 0 Å². The molecule has 0 saturated carbocycles. The van der Waals surface area contributed by atoms with Gasteiger partial charge in [-0.05, 0) is 32.4 Å². The summed E-state index contributed by atoms with van der Waals surface area (Å²) in [7, 11) is 0. The number of pyridine rings is 1. The molecule has 2 atom stereocenters. The molecule has 0 saturated heterocycles. The Balaban J connectivity index is 2.07. The molecular formula is C13H18N4O3. The lowest BCUT2D eigenvalue weighted by atomic mass is 10.1. The van der Waals surface area contributed by atoms with Gasteiger partial charge in [0.05, 0.1) is 6.10 Å². The second-order valence-corrected chi connectivity index (χ2v) is 4.92. The zero-order valence-electron chi connectivity index (χ0n) is 11.5. The lowest BCUT2D eigenvalue weighted by molar-refractivity contribution is -0.122. The number of fused-ring (bicyclic) bond motifs is 1. The molecule has 1 amide bonds. The monoisotopic (exact) mass is 278 g/mol. The van der Waals surface area contributed by atoms with Crippen molar-refractivity contribution >= 4 is 11.6 Å². The minimum Gasteiger partial charge on any atom is -0.393 e. The van der Waals surface area contributed by atoms with E-state index in [1.807, 2.05) is 0 Å². The van der Waals surface area contributed by atoms with Crippen LogP contribution in [0.3, 0.4) is 0 Å². The van der Waals surface area contributed by atoms with Gasteiger partial charge in [-0.3, -0.25) is 9.20 Å². The fourth-order valence-electron chi connectivity index (χ4n) is 2.10. The number of rotatable bonds is 5. The van der Waals surface area contributed by atoms with Crippen molar-refractivity contribution in [1.82, 2.24) is 19.5 Å². The molecule has 2 N–H and O–H groups in total. The molecular weight excluding hydrogens is 260 g/mol. The lowest BCUT2D eigenvalue weighted by Crippen LogP contribution is -2.38. The summed E-state index contributed by atoms with van der Waals surface area (Å²) in [6.07, 6.45) is 1.59. The zero-order chi connectivity index (χ0) is 14.7. The maximum Gasteiger partial charge on any atom is 0.350 e. The van der Waals surface area contributed by atoms with Crippen LogP contribution in [-0.2, 0) is 11.3 Å². The molecule has 0 aliphatic carbocycles. The lowest BCUT2D eigenvalue weighted by Gasteiger charge is -2.14. The van der Waals surface area contributed by atoms with Crippen molar-refractivity contribution in [2.75, 3.05) is 0 Å². The van der Waals surface area contributed by atoms with E-state index in [1.54, 1.807) is 38.2 Å². The fourth-order valence-corrected chi connectivity index (χ4v) is 2.10. The van der Waals surface area contributed by atoms with Gasteiger partial charge in [0.15, 0.2) is 5.65 Å². The van der Waals surface area contributed by atoms with E-state index in [2.05, 4.69) is 10.4 Å². The number of hydrogen-bond acceptors (Lipinski definition) is 4. The SMILES string of the molecule is CC(O)CC(C)NC(=O)Cn1nc2ccccn2c1=O. The van der Waals surface area contributed by atoms with Crippen molar-refractivity contribution in [1.29, 1.82) is 0 Å². The van der Waals surface area contributed by atoms with Crippen LogP contribution in [0.1, 0.15) is 20.3 Å². The van der Waals surface area contributed by atoms with Crippen molar-refractivity contribution in [2.24, 2.45) is 0 Å². The number of nitrogens with one attached hydrogen (secondary N) is 1. The van der Waals surface area contributed by atoms with E-state index in [1.165, 1.54) is 4.40 Å². The average molecular weight is 278 g/mol. The summed E-state index contributed by atoms with van der Waals surface area (Å²) in [4.78, 5) is 23.8. The van der Waals surface area contributed by atoms with Gasteiger partial charge >= 0.3 is 5.69 Å². The Bertz CT molecular complexity index is 659. The normalized spacial score (nSPS) is 14.2. The van der Waals surface area contributed by atoms with Crippen LogP contribution < -0.4 is 11.0 Å². The molecule has 2 heterocycles. The minimum absolute atomic E-state index is 0.134. The second-order valence-electron chi connectivity index (χ2n) is 4.92. The first-order valence-electron chi connectivity index (χ1n) is 6.49. The minimum atomic E-state index is -0.483. The Kier molecular flexibility index (Phi) is 4.19. The highest BCUT2D eigenvalue weighted by molar-refractivity contribution is 5.75. The van der Waals surface area contributed by atoms with Crippen LogP contribution in [0.15, 0.2) is 29.2 Å². The molecule has 0 fully saturated rings. The molecule has 7 nitrogen and oxygen atoms in total. The Morgan fingerprint density at radius 3 is 2.85 bits per heavy atom. The van der Waals surface area contributed by atoms with Gasteiger partial charge in [0.1, 0.15) is 6.54 Å². The van der Waals surface area contributed by atoms with Gasteiger partial charge in [0.25, 0.3) is 0 Å². The highest BCUT2D eigenvalue weighted by Crippen LogP contribution is 1.97. The Hall–Kier alpha value is -2.15. The van der Waals surface area contributed by atoms with Crippen molar-refractivity contribution in [2.45, 2.75) is 39.0 Å². The van der Waals surface area contributed by atoms with E-state index in [-0.39, 0.29) is 24.2 Å². The molecule has 2 aromatic heterocycles. The molecule has 2 aromatic rings. The standard InChI is InChI=1S/C13H18N4O3/c1-9(7-10(2)18)14-12(19)8-17-13(20)16-6-4-3-5-11(16)15-17/h3-6,9-10,18H,7-8H2,1-2H3,(H,14,19). The molecule has 0 aliphatic rings. The summed E-state index contributed by atoms with van der Waals surface area (Å²) < 4.78 is 2.51. The van der Waals surface area contributed by atoms with E-state index in [9.17, 15) is 14.7 Å². The largest absolute Gasteiger partial charge is 0.393 e. The summed E-state index contributed by atoms with van der Waals surface area (Å²) >= 11 is 0. The number of carbonyl (C=O) groups excluding carboxylic acids is 1. The summed E-state index contributed by atoms with van der Waals surface area (Å²) in [5.74, 6) is -0.302. The highest BCUT2D eigenvalue weighted by Gasteiger charge is 2.13. The van der Waals surface area contributed by atoms with Crippen molar-refractivity contribution in [3.8, 4) is 0 Å². The van der Waals surface area contributed by atoms with Gasteiger partial charge in [0, 0.05) is 12.2 Å². The van der Waals surface area contributed by atoms with Crippen LogP contribution in [0.2, 0.25) is 0 Å². The third kappa shape index (κ3) is 3.24. The summed E-state index contributed by atoms with van der Waals surface area (Å²) in [6, 6.07) is 5.05. The molecule has 0 radical (unpaired) electrons. The molecule has 0 spiro atoms. The quantitative estimate of drug-likeness (QED) is 0.791. The fraction of sp³-hybridized carbons (Fsp3) is 0.462. The first-order chi connectivity index (χ1) is 9.47. The number of aliphatic hydroxyl groups is 1. The van der Waals surface area contributed by atoms with Gasteiger partial charge in [0.2, 0.25) is 5.91 Å². The van der Waals surface area contributed by atoms with Crippen molar-refractivity contribution in [3.63, 3.8) is 0 Å². The third-order valence-electron chi connectivity index (χ3n) is 2.88. The number of aromatic nitrogens is 3. The number of amides is 1. The van der Waals surface area contributed by atoms with Crippen molar-refractivity contribution < 1.29 is 9.90 Å². The molecule has 0 aromatic carbocycles. The molecule has 20 heavy (non-hydrogen) atoms. The van der Waals surface area contributed by atoms with E-state index < -0.39 is 6.10 Å². The maximum absolute atomic E-state index is 12.0. The van der Waals surface area contributed by atoms with Gasteiger partial charge in [-0.25, -0.2) is 9.48 Å². The number of carbonyl (C=O) groups is 1. The average Bonchev–Trinajstić information content (AvgIpc) is 2.65. The maximum atomic E-state index is 12.0. The molecule has 2 rings (SSSR count). The first-order valence-corrected chi connectivity index (χ1v) is 6.49.